The number of carbonyl (C=O) groups is 2. The summed E-state index contributed by atoms with van der Waals surface area (Å²) in [5.74, 6) is -0.440. The zero-order valence-electron chi connectivity index (χ0n) is 18.1. The van der Waals surface area contributed by atoms with Gasteiger partial charge < -0.3 is 9.47 Å². The van der Waals surface area contributed by atoms with E-state index in [1.165, 1.54) is 35.7 Å². The number of fused-ring (bicyclic) bond motifs is 1. The van der Waals surface area contributed by atoms with Crippen LogP contribution in [0.25, 0.3) is 0 Å². The summed E-state index contributed by atoms with van der Waals surface area (Å²) in [4.78, 5) is 24.7. The van der Waals surface area contributed by atoms with Crippen LogP contribution < -0.4 is 9.04 Å². The van der Waals surface area contributed by atoms with Crippen molar-refractivity contribution < 1.29 is 27.5 Å². The third-order valence-electron chi connectivity index (χ3n) is 5.49. The van der Waals surface area contributed by atoms with Gasteiger partial charge in [0, 0.05) is 12.1 Å². The SMILES string of the molecule is COc1ccc(C(=O)COC(=O)c2ccc(S(=O)(=O)N3CCCc4ccccc43)cc2)cc1. The largest absolute Gasteiger partial charge is 0.497 e. The van der Waals surface area contributed by atoms with Crippen molar-refractivity contribution in [2.24, 2.45) is 0 Å². The normalized spacial score (nSPS) is 13.2. The summed E-state index contributed by atoms with van der Waals surface area (Å²) >= 11 is 0. The van der Waals surface area contributed by atoms with Gasteiger partial charge in [-0.1, -0.05) is 18.2 Å². The lowest BCUT2D eigenvalue weighted by atomic mass is 10.0. The van der Waals surface area contributed by atoms with Gasteiger partial charge in [-0.05, 0) is 73.0 Å². The molecule has 0 aliphatic carbocycles. The molecule has 0 bridgehead atoms. The van der Waals surface area contributed by atoms with Crippen LogP contribution in [0.4, 0.5) is 5.69 Å². The summed E-state index contributed by atoms with van der Waals surface area (Å²) in [5, 5.41) is 0. The highest BCUT2D eigenvalue weighted by atomic mass is 32.2. The summed E-state index contributed by atoms with van der Waals surface area (Å²) < 4.78 is 38.0. The maximum absolute atomic E-state index is 13.2. The molecule has 1 aliphatic rings. The molecule has 0 N–H and O–H groups in total. The number of esters is 1. The molecular weight excluding hydrogens is 442 g/mol. The van der Waals surface area contributed by atoms with Gasteiger partial charge in [-0.15, -0.1) is 0 Å². The Balaban J connectivity index is 1.43. The molecule has 7 nitrogen and oxygen atoms in total. The lowest BCUT2D eigenvalue weighted by Crippen LogP contribution is -2.35. The number of sulfonamides is 1. The van der Waals surface area contributed by atoms with Crippen molar-refractivity contribution in [1.29, 1.82) is 0 Å². The minimum Gasteiger partial charge on any atom is -0.497 e. The van der Waals surface area contributed by atoms with E-state index in [0.29, 0.717) is 23.5 Å². The van der Waals surface area contributed by atoms with Gasteiger partial charge in [-0.2, -0.15) is 0 Å². The van der Waals surface area contributed by atoms with E-state index < -0.39 is 22.6 Å². The van der Waals surface area contributed by atoms with Crippen LogP contribution in [0.2, 0.25) is 0 Å². The van der Waals surface area contributed by atoms with Gasteiger partial charge in [0.15, 0.2) is 12.4 Å². The highest BCUT2D eigenvalue weighted by Crippen LogP contribution is 2.31. The number of nitrogens with zero attached hydrogens (tertiary/aromatic N) is 1. The fourth-order valence-corrected chi connectivity index (χ4v) is 5.25. The van der Waals surface area contributed by atoms with Crippen LogP contribution in [0.3, 0.4) is 0 Å². The smallest absolute Gasteiger partial charge is 0.338 e. The first kappa shape index (κ1) is 22.5. The lowest BCUT2D eigenvalue weighted by molar-refractivity contribution is 0.0474. The van der Waals surface area contributed by atoms with E-state index in [1.54, 1.807) is 30.3 Å². The number of hydrogen-bond donors (Lipinski definition) is 0. The average Bonchev–Trinajstić information content (AvgIpc) is 2.86. The highest BCUT2D eigenvalue weighted by molar-refractivity contribution is 7.92. The third kappa shape index (κ3) is 4.75. The number of hydrogen-bond acceptors (Lipinski definition) is 6. The van der Waals surface area contributed by atoms with Crippen molar-refractivity contribution in [1.82, 2.24) is 0 Å². The number of rotatable bonds is 7. The van der Waals surface area contributed by atoms with E-state index in [0.717, 1.165) is 18.4 Å². The maximum atomic E-state index is 13.2. The minimum atomic E-state index is -3.77. The summed E-state index contributed by atoms with van der Waals surface area (Å²) in [7, 11) is -2.24. The summed E-state index contributed by atoms with van der Waals surface area (Å²) in [6.07, 6.45) is 1.57. The predicted molar refractivity (Wildman–Crippen MR) is 123 cm³/mol. The summed E-state index contributed by atoms with van der Waals surface area (Å²) in [6, 6.07) is 19.5. The first-order chi connectivity index (χ1) is 15.9. The monoisotopic (exact) mass is 465 g/mol. The Bertz CT molecular complexity index is 1270. The van der Waals surface area contributed by atoms with E-state index >= 15 is 0 Å². The molecule has 0 aromatic heterocycles. The first-order valence-corrected chi connectivity index (χ1v) is 11.9. The summed E-state index contributed by atoms with van der Waals surface area (Å²) in [5.41, 5.74) is 2.24. The molecule has 8 heteroatoms. The van der Waals surface area contributed by atoms with E-state index in [-0.39, 0.29) is 16.2 Å². The minimum absolute atomic E-state index is 0.0880. The fourth-order valence-electron chi connectivity index (χ4n) is 3.71. The quantitative estimate of drug-likeness (QED) is 0.389. The Labute approximate surface area is 192 Å². The van der Waals surface area contributed by atoms with Crippen molar-refractivity contribution in [3.8, 4) is 5.75 Å². The van der Waals surface area contributed by atoms with Crippen molar-refractivity contribution in [2.45, 2.75) is 17.7 Å². The van der Waals surface area contributed by atoms with Crippen molar-refractivity contribution in [2.75, 3.05) is 24.6 Å². The Hall–Kier alpha value is -3.65. The first-order valence-electron chi connectivity index (χ1n) is 10.5. The highest BCUT2D eigenvalue weighted by Gasteiger charge is 2.29. The molecule has 4 rings (SSSR count). The molecule has 1 heterocycles. The van der Waals surface area contributed by atoms with Gasteiger partial charge in [0.25, 0.3) is 10.0 Å². The second-order valence-corrected chi connectivity index (χ2v) is 9.42. The van der Waals surface area contributed by atoms with Gasteiger partial charge in [0.2, 0.25) is 0 Å². The lowest BCUT2D eigenvalue weighted by Gasteiger charge is -2.30. The van der Waals surface area contributed by atoms with Crippen molar-refractivity contribution in [3.63, 3.8) is 0 Å². The van der Waals surface area contributed by atoms with Crippen LogP contribution in [-0.4, -0.2) is 40.4 Å². The second-order valence-electron chi connectivity index (χ2n) is 7.56. The zero-order valence-corrected chi connectivity index (χ0v) is 18.9. The molecule has 1 aliphatic heterocycles. The standard InChI is InChI=1S/C25H23NO6S/c1-31-21-12-8-19(9-13-21)24(27)17-32-25(28)20-10-14-22(15-11-20)33(29,30)26-16-4-6-18-5-2-3-7-23(18)26/h2-3,5,7-15H,4,6,16-17H2,1H3. The molecule has 33 heavy (non-hydrogen) atoms. The van der Waals surface area contributed by atoms with Gasteiger partial charge >= 0.3 is 5.97 Å². The number of Topliss-reactive ketones (excluding diaryl/α,β-unsaturated/α-hetero) is 1. The van der Waals surface area contributed by atoms with Gasteiger partial charge in [-0.25, -0.2) is 13.2 Å². The molecule has 3 aromatic carbocycles. The van der Waals surface area contributed by atoms with Crippen LogP contribution >= 0.6 is 0 Å². The molecule has 0 unspecified atom stereocenters. The number of methoxy groups -OCH3 is 1. The molecule has 0 saturated carbocycles. The van der Waals surface area contributed by atoms with Crippen LogP contribution in [0, 0.1) is 0 Å². The van der Waals surface area contributed by atoms with Gasteiger partial charge in [0.05, 0.1) is 23.3 Å². The van der Waals surface area contributed by atoms with Crippen LogP contribution in [0.15, 0.2) is 77.7 Å². The van der Waals surface area contributed by atoms with E-state index in [4.69, 9.17) is 9.47 Å². The van der Waals surface area contributed by atoms with E-state index in [1.807, 2.05) is 18.2 Å². The van der Waals surface area contributed by atoms with Crippen LogP contribution in [0.1, 0.15) is 32.7 Å². The number of benzene rings is 3. The summed E-state index contributed by atoms with van der Waals surface area (Å²) in [6.45, 7) is -0.0214. The fraction of sp³-hybridized carbons (Fsp3) is 0.200. The zero-order chi connectivity index (χ0) is 23.4. The topological polar surface area (TPSA) is 90.0 Å². The Morgan fingerprint density at radius 3 is 2.27 bits per heavy atom. The molecule has 170 valence electrons. The van der Waals surface area contributed by atoms with E-state index in [9.17, 15) is 18.0 Å². The number of para-hydroxylation sites is 1. The predicted octanol–water partition coefficient (Wildman–Crippen LogP) is 3.88. The third-order valence-corrected chi connectivity index (χ3v) is 7.32. The Morgan fingerprint density at radius 1 is 0.909 bits per heavy atom. The maximum Gasteiger partial charge on any atom is 0.338 e. The molecule has 0 amide bonds. The van der Waals surface area contributed by atoms with Crippen LogP contribution in [-0.2, 0) is 21.2 Å². The van der Waals surface area contributed by atoms with E-state index in [2.05, 4.69) is 0 Å². The van der Waals surface area contributed by atoms with Gasteiger partial charge in [0.1, 0.15) is 5.75 Å². The molecule has 0 radical (unpaired) electrons. The molecular formula is C25H23NO6S. The average molecular weight is 466 g/mol. The number of ketones is 1. The number of anilines is 1. The number of aryl methyl sites for hydroxylation is 1. The Morgan fingerprint density at radius 2 is 1.58 bits per heavy atom. The molecule has 0 fully saturated rings. The van der Waals surface area contributed by atoms with Crippen LogP contribution in [0.5, 0.6) is 5.75 Å². The molecule has 3 aromatic rings. The van der Waals surface area contributed by atoms with Crippen molar-refractivity contribution >= 4 is 27.5 Å². The number of ether oxygens (including phenoxy) is 2. The van der Waals surface area contributed by atoms with Crippen molar-refractivity contribution in [3.05, 3.63) is 89.5 Å². The second kappa shape index (κ2) is 9.46. The Kier molecular flexibility index (Phi) is 6.46. The van der Waals surface area contributed by atoms with Gasteiger partial charge in [-0.3, -0.25) is 9.10 Å². The molecule has 0 atom stereocenters. The molecule has 0 saturated heterocycles. The number of carbonyl (C=O) groups excluding carboxylic acids is 2. The molecule has 0 spiro atoms.